The Morgan fingerprint density at radius 3 is 3.25 bits per heavy atom. The molecule has 2 heterocycles. The van der Waals surface area contributed by atoms with Crippen LogP contribution < -0.4 is 5.32 Å². The fourth-order valence-electron chi connectivity index (χ4n) is 1.81. The molecule has 1 aromatic heterocycles. The summed E-state index contributed by atoms with van der Waals surface area (Å²) in [6.07, 6.45) is 0. The summed E-state index contributed by atoms with van der Waals surface area (Å²) in [5, 5.41) is 11.9. The van der Waals surface area contributed by atoms with Crippen LogP contribution in [0.3, 0.4) is 0 Å². The van der Waals surface area contributed by atoms with Gasteiger partial charge in [-0.25, -0.2) is 0 Å². The Kier molecular flexibility index (Phi) is 1.07. The Morgan fingerprint density at radius 1 is 1.25 bits per heavy atom. The van der Waals surface area contributed by atoms with Gasteiger partial charge in [0.2, 0.25) is 0 Å². The molecule has 0 saturated carbocycles. The SMILES string of the molecule is c1cc2c3c([nH]nc3c1)CNC2. The number of hydrogen-bond acceptors (Lipinski definition) is 2. The largest absolute Gasteiger partial charge is 0.307 e. The number of aromatic amines is 1. The summed E-state index contributed by atoms with van der Waals surface area (Å²) in [5.41, 5.74) is 3.65. The van der Waals surface area contributed by atoms with Gasteiger partial charge in [0, 0.05) is 18.5 Å². The lowest BCUT2D eigenvalue weighted by molar-refractivity contribution is 0.667. The lowest BCUT2D eigenvalue weighted by Gasteiger charge is -2.11. The van der Waals surface area contributed by atoms with E-state index in [9.17, 15) is 0 Å². The minimum absolute atomic E-state index is 0.910. The van der Waals surface area contributed by atoms with Gasteiger partial charge in [0.05, 0.1) is 11.2 Å². The van der Waals surface area contributed by atoms with E-state index in [2.05, 4.69) is 27.6 Å². The van der Waals surface area contributed by atoms with Crippen LogP contribution in [0.2, 0.25) is 0 Å². The van der Waals surface area contributed by atoms with E-state index >= 15 is 0 Å². The summed E-state index contributed by atoms with van der Waals surface area (Å²) in [7, 11) is 0. The molecule has 1 aromatic carbocycles. The molecule has 0 unspecified atom stereocenters. The van der Waals surface area contributed by atoms with E-state index in [1.807, 2.05) is 6.07 Å². The number of H-pyrrole nitrogens is 1. The maximum Gasteiger partial charge on any atom is 0.0927 e. The molecule has 0 radical (unpaired) electrons. The van der Waals surface area contributed by atoms with Gasteiger partial charge in [0.15, 0.2) is 0 Å². The van der Waals surface area contributed by atoms with E-state index in [-0.39, 0.29) is 0 Å². The van der Waals surface area contributed by atoms with Crippen LogP contribution in [0.25, 0.3) is 10.9 Å². The van der Waals surface area contributed by atoms with Crippen LogP contribution in [-0.4, -0.2) is 10.2 Å². The van der Waals surface area contributed by atoms with E-state index in [4.69, 9.17) is 0 Å². The molecule has 1 aliphatic heterocycles. The summed E-state index contributed by atoms with van der Waals surface area (Å²) in [5.74, 6) is 0. The first-order valence-corrected chi connectivity index (χ1v) is 4.11. The summed E-state index contributed by atoms with van der Waals surface area (Å²) in [4.78, 5) is 0. The molecule has 0 fully saturated rings. The second-order valence-electron chi connectivity index (χ2n) is 3.12. The third-order valence-corrected chi connectivity index (χ3v) is 2.36. The van der Waals surface area contributed by atoms with Crippen molar-refractivity contribution in [2.45, 2.75) is 13.1 Å². The van der Waals surface area contributed by atoms with Crippen molar-refractivity contribution in [1.29, 1.82) is 0 Å². The topological polar surface area (TPSA) is 40.7 Å². The van der Waals surface area contributed by atoms with Gasteiger partial charge in [0.1, 0.15) is 0 Å². The van der Waals surface area contributed by atoms with Crippen molar-refractivity contribution >= 4 is 10.9 Å². The van der Waals surface area contributed by atoms with E-state index in [1.54, 1.807) is 0 Å². The number of hydrogen-bond donors (Lipinski definition) is 2. The van der Waals surface area contributed by atoms with E-state index in [1.165, 1.54) is 16.6 Å². The second-order valence-corrected chi connectivity index (χ2v) is 3.12. The van der Waals surface area contributed by atoms with Crippen LogP contribution in [0.4, 0.5) is 0 Å². The van der Waals surface area contributed by atoms with E-state index in [0.717, 1.165) is 18.6 Å². The number of rotatable bonds is 0. The highest BCUT2D eigenvalue weighted by Gasteiger charge is 2.13. The van der Waals surface area contributed by atoms with Crippen molar-refractivity contribution in [2.24, 2.45) is 0 Å². The highest BCUT2D eigenvalue weighted by molar-refractivity contribution is 5.85. The molecule has 0 amide bonds. The van der Waals surface area contributed by atoms with Crippen LogP contribution in [0.5, 0.6) is 0 Å². The quantitative estimate of drug-likeness (QED) is 0.605. The predicted molar refractivity (Wildman–Crippen MR) is 46.6 cm³/mol. The van der Waals surface area contributed by atoms with Crippen molar-refractivity contribution in [1.82, 2.24) is 15.5 Å². The second kappa shape index (κ2) is 2.08. The average molecular weight is 159 g/mol. The third-order valence-electron chi connectivity index (χ3n) is 2.36. The fraction of sp³-hybridized carbons (Fsp3) is 0.222. The first kappa shape index (κ1) is 6.20. The standard InChI is InChI=1S/C9H9N3/c1-2-6-4-10-5-8-9(6)7(3-1)11-12-8/h1-3,10H,4-5H2,(H,11,12). The molecule has 3 heteroatoms. The molecule has 60 valence electrons. The molecule has 3 rings (SSSR count). The molecular formula is C9H9N3. The van der Waals surface area contributed by atoms with Gasteiger partial charge in [-0.15, -0.1) is 0 Å². The summed E-state index contributed by atoms with van der Waals surface area (Å²) in [6.45, 7) is 1.87. The Balaban J connectivity index is 2.50. The average Bonchev–Trinajstić information content (AvgIpc) is 2.52. The molecule has 2 aromatic rings. The molecule has 0 aliphatic carbocycles. The van der Waals surface area contributed by atoms with Crippen molar-refractivity contribution in [3.8, 4) is 0 Å². The Labute approximate surface area is 69.8 Å². The normalized spacial score (nSPS) is 15.3. The maximum atomic E-state index is 4.23. The summed E-state index contributed by atoms with van der Waals surface area (Å²) in [6, 6.07) is 6.24. The number of aromatic nitrogens is 2. The molecule has 3 nitrogen and oxygen atoms in total. The first-order valence-electron chi connectivity index (χ1n) is 4.11. The Bertz CT molecular complexity index is 430. The maximum absolute atomic E-state index is 4.23. The van der Waals surface area contributed by atoms with E-state index in [0.29, 0.717) is 0 Å². The van der Waals surface area contributed by atoms with Gasteiger partial charge in [0.25, 0.3) is 0 Å². The lowest BCUT2D eigenvalue weighted by atomic mass is 10.1. The molecule has 1 aliphatic rings. The van der Waals surface area contributed by atoms with Crippen molar-refractivity contribution in [3.63, 3.8) is 0 Å². The zero-order chi connectivity index (χ0) is 7.97. The van der Waals surface area contributed by atoms with Gasteiger partial charge in [-0.05, 0) is 11.6 Å². The predicted octanol–water partition coefficient (Wildman–Crippen LogP) is 1.17. The molecule has 0 saturated heterocycles. The Morgan fingerprint density at radius 2 is 2.25 bits per heavy atom. The fourth-order valence-corrected chi connectivity index (χ4v) is 1.81. The zero-order valence-corrected chi connectivity index (χ0v) is 6.59. The van der Waals surface area contributed by atoms with Crippen molar-refractivity contribution in [2.75, 3.05) is 0 Å². The van der Waals surface area contributed by atoms with Gasteiger partial charge >= 0.3 is 0 Å². The molecule has 0 atom stereocenters. The van der Waals surface area contributed by atoms with Crippen LogP contribution >= 0.6 is 0 Å². The molecular weight excluding hydrogens is 150 g/mol. The molecule has 0 spiro atoms. The molecule has 12 heavy (non-hydrogen) atoms. The van der Waals surface area contributed by atoms with Crippen molar-refractivity contribution in [3.05, 3.63) is 29.5 Å². The molecule has 2 N–H and O–H groups in total. The Hall–Kier alpha value is -1.35. The highest BCUT2D eigenvalue weighted by Crippen LogP contribution is 2.23. The van der Waals surface area contributed by atoms with Gasteiger partial charge in [-0.3, -0.25) is 5.10 Å². The van der Waals surface area contributed by atoms with Crippen LogP contribution in [0.15, 0.2) is 18.2 Å². The monoisotopic (exact) mass is 159 g/mol. The van der Waals surface area contributed by atoms with Crippen LogP contribution in [0.1, 0.15) is 11.3 Å². The zero-order valence-electron chi connectivity index (χ0n) is 6.59. The number of benzene rings is 1. The van der Waals surface area contributed by atoms with Gasteiger partial charge in [-0.1, -0.05) is 12.1 Å². The minimum Gasteiger partial charge on any atom is -0.307 e. The van der Waals surface area contributed by atoms with Crippen molar-refractivity contribution < 1.29 is 0 Å². The van der Waals surface area contributed by atoms with Gasteiger partial charge < -0.3 is 5.32 Å². The van der Waals surface area contributed by atoms with Crippen LogP contribution in [-0.2, 0) is 13.1 Å². The molecule has 0 bridgehead atoms. The smallest absolute Gasteiger partial charge is 0.0927 e. The number of nitrogens with zero attached hydrogens (tertiary/aromatic N) is 1. The van der Waals surface area contributed by atoms with E-state index < -0.39 is 0 Å². The minimum atomic E-state index is 0.910. The number of nitrogens with one attached hydrogen (secondary N) is 2. The van der Waals surface area contributed by atoms with Crippen LogP contribution in [0, 0.1) is 0 Å². The third kappa shape index (κ3) is 0.662. The first-order chi connectivity index (χ1) is 5.95. The summed E-state index contributed by atoms with van der Waals surface area (Å²) < 4.78 is 0. The summed E-state index contributed by atoms with van der Waals surface area (Å²) >= 11 is 0. The highest BCUT2D eigenvalue weighted by atomic mass is 15.1. The lowest BCUT2D eigenvalue weighted by Crippen LogP contribution is -2.17. The van der Waals surface area contributed by atoms with Gasteiger partial charge in [-0.2, -0.15) is 5.10 Å².